The number of rotatable bonds is 7. The van der Waals surface area contributed by atoms with E-state index in [-0.39, 0.29) is 5.91 Å². The number of ether oxygens (including phenoxy) is 1. The fourth-order valence-electron chi connectivity index (χ4n) is 2.42. The summed E-state index contributed by atoms with van der Waals surface area (Å²) < 4.78 is 5.77. The van der Waals surface area contributed by atoms with Crippen LogP contribution >= 0.6 is 12.2 Å². The van der Waals surface area contributed by atoms with Gasteiger partial charge in [-0.05, 0) is 49.8 Å². The van der Waals surface area contributed by atoms with Crippen molar-refractivity contribution in [3.8, 4) is 5.75 Å². The number of thiocarbonyl (C=S) groups is 1. The maximum Gasteiger partial charge on any atom is 0.257 e. The Morgan fingerprint density at radius 2 is 1.80 bits per heavy atom. The summed E-state index contributed by atoms with van der Waals surface area (Å²) in [6.45, 7) is 6.09. The van der Waals surface area contributed by atoms with Crippen LogP contribution in [0, 0.1) is 0 Å². The standard InChI is InChI=1S/C20H24N2O2S/c1-3-22(4-2)20(25)21-19(23)17-11-8-12-18(15-17)24-14-13-16-9-6-5-7-10-16/h5-12,15H,3-4,13-14H2,1-2H3,(H,21,23,25). The zero-order valence-corrected chi connectivity index (χ0v) is 15.5. The van der Waals surface area contributed by atoms with Crippen LogP contribution in [0.1, 0.15) is 29.8 Å². The lowest BCUT2D eigenvalue weighted by atomic mass is 10.2. The lowest BCUT2D eigenvalue weighted by Crippen LogP contribution is -2.42. The van der Waals surface area contributed by atoms with Gasteiger partial charge in [0.1, 0.15) is 5.75 Å². The summed E-state index contributed by atoms with van der Waals surface area (Å²) in [5.74, 6) is 0.461. The number of nitrogens with one attached hydrogen (secondary N) is 1. The van der Waals surface area contributed by atoms with Crippen molar-refractivity contribution in [2.45, 2.75) is 20.3 Å². The van der Waals surface area contributed by atoms with Gasteiger partial charge in [-0.2, -0.15) is 0 Å². The molecule has 1 N–H and O–H groups in total. The monoisotopic (exact) mass is 356 g/mol. The average Bonchev–Trinajstić information content (AvgIpc) is 2.64. The Labute approximate surface area is 154 Å². The molecule has 0 unspecified atom stereocenters. The molecular formula is C20H24N2O2S. The molecule has 0 aliphatic carbocycles. The normalized spacial score (nSPS) is 10.2. The average molecular weight is 356 g/mol. The molecule has 0 saturated carbocycles. The number of hydrogen-bond donors (Lipinski definition) is 1. The summed E-state index contributed by atoms with van der Waals surface area (Å²) in [6.07, 6.45) is 0.823. The maximum atomic E-state index is 12.4. The van der Waals surface area contributed by atoms with Crippen LogP contribution in [0.5, 0.6) is 5.75 Å². The van der Waals surface area contributed by atoms with Gasteiger partial charge in [0.15, 0.2) is 5.11 Å². The second-order valence-corrected chi connectivity index (χ2v) is 5.93. The van der Waals surface area contributed by atoms with E-state index in [0.717, 1.165) is 19.5 Å². The van der Waals surface area contributed by atoms with Gasteiger partial charge in [-0.1, -0.05) is 36.4 Å². The van der Waals surface area contributed by atoms with Crippen molar-refractivity contribution in [3.05, 3.63) is 65.7 Å². The third-order valence-electron chi connectivity index (χ3n) is 3.87. The molecule has 2 aromatic carbocycles. The van der Waals surface area contributed by atoms with Crippen molar-refractivity contribution in [2.24, 2.45) is 0 Å². The molecule has 1 amide bonds. The molecule has 4 nitrogen and oxygen atoms in total. The molecule has 5 heteroatoms. The molecule has 0 aromatic heterocycles. The Bertz CT molecular complexity index is 700. The van der Waals surface area contributed by atoms with Crippen molar-refractivity contribution in [2.75, 3.05) is 19.7 Å². The Morgan fingerprint density at radius 3 is 2.48 bits per heavy atom. The molecule has 2 rings (SSSR count). The SMILES string of the molecule is CCN(CC)C(=S)NC(=O)c1cccc(OCCc2ccccc2)c1. The maximum absolute atomic E-state index is 12.4. The highest BCUT2D eigenvalue weighted by Crippen LogP contribution is 2.14. The van der Waals surface area contributed by atoms with E-state index >= 15 is 0 Å². The Morgan fingerprint density at radius 1 is 1.08 bits per heavy atom. The summed E-state index contributed by atoms with van der Waals surface area (Å²) in [5.41, 5.74) is 1.76. The van der Waals surface area contributed by atoms with Crippen LogP contribution in [0.25, 0.3) is 0 Å². The molecule has 2 aromatic rings. The Hall–Kier alpha value is -2.40. The fraction of sp³-hybridized carbons (Fsp3) is 0.300. The number of hydrogen-bond acceptors (Lipinski definition) is 3. The van der Waals surface area contributed by atoms with Crippen LogP contribution in [-0.2, 0) is 6.42 Å². The number of benzene rings is 2. The van der Waals surface area contributed by atoms with Gasteiger partial charge in [0.2, 0.25) is 0 Å². The van der Waals surface area contributed by atoms with Crippen molar-refractivity contribution in [3.63, 3.8) is 0 Å². The molecule has 0 atom stereocenters. The summed E-state index contributed by atoms with van der Waals surface area (Å²) in [5, 5.41) is 3.22. The van der Waals surface area contributed by atoms with E-state index in [1.54, 1.807) is 12.1 Å². The quantitative estimate of drug-likeness (QED) is 0.769. The molecule has 0 saturated heterocycles. The van der Waals surface area contributed by atoms with Crippen molar-refractivity contribution in [1.82, 2.24) is 10.2 Å². The van der Waals surface area contributed by atoms with E-state index < -0.39 is 0 Å². The smallest absolute Gasteiger partial charge is 0.257 e. The van der Waals surface area contributed by atoms with Crippen LogP contribution in [0.4, 0.5) is 0 Å². The fourth-order valence-corrected chi connectivity index (χ4v) is 2.77. The summed E-state index contributed by atoms with van der Waals surface area (Å²) in [4.78, 5) is 14.3. The highest BCUT2D eigenvalue weighted by molar-refractivity contribution is 7.80. The number of amides is 1. The second kappa shape index (κ2) is 9.79. The van der Waals surface area contributed by atoms with Gasteiger partial charge in [-0.15, -0.1) is 0 Å². The first-order valence-corrected chi connectivity index (χ1v) is 8.92. The van der Waals surface area contributed by atoms with Gasteiger partial charge in [0, 0.05) is 25.1 Å². The molecule has 132 valence electrons. The van der Waals surface area contributed by atoms with E-state index in [9.17, 15) is 4.79 Å². The molecule has 0 spiro atoms. The number of carbonyl (C=O) groups is 1. The van der Waals surface area contributed by atoms with Crippen LogP contribution in [0.3, 0.4) is 0 Å². The van der Waals surface area contributed by atoms with E-state index in [1.165, 1.54) is 5.56 Å². The van der Waals surface area contributed by atoms with Gasteiger partial charge < -0.3 is 9.64 Å². The molecule has 0 fully saturated rings. The lowest BCUT2D eigenvalue weighted by molar-refractivity contribution is 0.0973. The first-order valence-electron chi connectivity index (χ1n) is 8.51. The minimum Gasteiger partial charge on any atom is -0.493 e. The summed E-state index contributed by atoms with van der Waals surface area (Å²) in [6, 6.07) is 17.3. The first kappa shape index (κ1) is 18.9. The molecule has 0 radical (unpaired) electrons. The molecule has 0 heterocycles. The number of carbonyl (C=O) groups excluding carboxylic acids is 1. The van der Waals surface area contributed by atoms with Crippen LogP contribution in [0.15, 0.2) is 54.6 Å². The highest BCUT2D eigenvalue weighted by atomic mass is 32.1. The Balaban J connectivity index is 1.91. The van der Waals surface area contributed by atoms with Gasteiger partial charge in [0.25, 0.3) is 5.91 Å². The van der Waals surface area contributed by atoms with Crippen LogP contribution < -0.4 is 10.1 Å². The Kier molecular flexibility index (Phi) is 7.41. The summed E-state index contributed by atoms with van der Waals surface area (Å²) in [7, 11) is 0. The minimum absolute atomic E-state index is 0.217. The minimum atomic E-state index is -0.217. The van der Waals surface area contributed by atoms with Gasteiger partial charge in [0.05, 0.1) is 6.61 Å². The van der Waals surface area contributed by atoms with E-state index in [4.69, 9.17) is 17.0 Å². The predicted octanol–water partition coefficient (Wildman–Crippen LogP) is 3.66. The predicted molar refractivity (Wildman–Crippen MR) is 105 cm³/mol. The molecule has 0 aliphatic rings. The van der Waals surface area contributed by atoms with Crippen molar-refractivity contribution in [1.29, 1.82) is 0 Å². The summed E-state index contributed by atoms with van der Waals surface area (Å²) >= 11 is 5.27. The lowest BCUT2D eigenvalue weighted by Gasteiger charge is -2.21. The molecular weight excluding hydrogens is 332 g/mol. The van der Waals surface area contributed by atoms with Gasteiger partial charge in [-0.25, -0.2) is 0 Å². The van der Waals surface area contributed by atoms with Crippen molar-refractivity contribution >= 4 is 23.2 Å². The number of nitrogens with zero attached hydrogens (tertiary/aromatic N) is 1. The molecule has 0 bridgehead atoms. The van der Waals surface area contributed by atoms with Crippen LogP contribution in [-0.4, -0.2) is 35.6 Å². The van der Waals surface area contributed by atoms with Crippen LogP contribution in [0.2, 0.25) is 0 Å². The molecule has 0 aliphatic heterocycles. The highest BCUT2D eigenvalue weighted by Gasteiger charge is 2.12. The second-order valence-electron chi connectivity index (χ2n) is 5.54. The van der Waals surface area contributed by atoms with E-state index in [2.05, 4.69) is 17.4 Å². The third-order valence-corrected chi connectivity index (χ3v) is 4.23. The zero-order valence-electron chi connectivity index (χ0n) is 14.7. The van der Waals surface area contributed by atoms with Gasteiger partial charge >= 0.3 is 0 Å². The van der Waals surface area contributed by atoms with E-state index in [0.29, 0.717) is 23.0 Å². The molecule has 25 heavy (non-hydrogen) atoms. The zero-order chi connectivity index (χ0) is 18.1. The third kappa shape index (κ3) is 5.87. The first-order chi connectivity index (χ1) is 12.1. The van der Waals surface area contributed by atoms with E-state index in [1.807, 2.05) is 49.1 Å². The van der Waals surface area contributed by atoms with Crippen molar-refractivity contribution < 1.29 is 9.53 Å². The largest absolute Gasteiger partial charge is 0.493 e. The topological polar surface area (TPSA) is 41.6 Å². The van der Waals surface area contributed by atoms with Gasteiger partial charge in [-0.3, -0.25) is 10.1 Å².